The lowest BCUT2D eigenvalue weighted by atomic mass is 10.0. The zero-order valence-corrected chi connectivity index (χ0v) is 19.2. The van der Waals surface area contributed by atoms with Crippen LogP contribution < -0.4 is 10.1 Å². The van der Waals surface area contributed by atoms with Crippen molar-refractivity contribution in [3.63, 3.8) is 0 Å². The Morgan fingerprint density at radius 1 is 1.27 bits per heavy atom. The number of rotatable bonds is 9. The molecule has 3 rings (SSSR count). The van der Waals surface area contributed by atoms with Gasteiger partial charge in [0.15, 0.2) is 0 Å². The van der Waals surface area contributed by atoms with Crippen LogP contribution in [0.4, 0.5) is 4.39 Å². The summed E-state index contributed by atoms with van der Waals surface area (Å²) in [5.41, 5.74) is 2.69. The van der Waals surface area contributed by atoms with E-state index >= 15 is 0 Å². The third-order valence-corrected chi connectivity index (χ3v) is 5.07. The number of fused-ring (bicyclic) bond motifs is 1. The summed E-state index contributed by atoms with van der Waals surface area (Å²) in [6.07, 6.45) is 2.93. The summed E-state index contributed by atoms with van der Waals surface area (Å²) in [4.78, 5) is 18.2. The number of nitrogens with one attached hydrogen (secondary N) is 2. The Morgan fingerprint density at radius 3 is 2.82 bits per heavy atom. The van der Waals surface area contributed by atoms with Crippen LogP contribution in [-0.4, -0.2) is 60.8 Å². The molecule has 7 heteroatoms. The number of benzene rings is 2. The van der Waals surface area contributed by atoms with Crippen LogP contribution in [0.5, 0.6) is 5.75 Å². The van der Waals surface area contributed by atoms with Crippen molar-refractivity contribution in [3.8, 4) is 17.6 Å². The molecule has 174 valence electrons. The number of aromatic nitrogens is 1. The molecule has 3 aromatic rings. The molecule has 0 aliphatic rings. The number of aliphatic hydroxyl groups is 1. The summed E-state index contributed by atoms with van der Waals surface area (Å²) in [5.74, 6) is 5.91. The molecule has 6 nitrogen and oxygen atoms in total. The quantitative estimate of drug-likeness (QED) is 0.436. The molecule has 0 fully saturated rings. The number of H-pyrrole nitrogens is 1. The van der Waals surface area contributed by atoms with Crippen molar-refractivity contribution in [2.45, 2.75) is 25.8 Å². The fraction of sp³-hybridized carbons (Fsp3) is 0.346. The van der Waals surface area contributed by atoms with Crippen molar-refractivity contribution in [1.82, 2.24) is 15.2 Å². The second kappa shape index (κ2) is 11.5. The fourth-order valence-corrected chi connectivity index (χ4v) is 3.43. The monoisotopic (exact) mass is 451 g/mol. The molecule has 3 N–H and O–H groups in total. The molecule has 0 spiro atoms. The molecule has 0 aliphatic heterocycles. The maximum Gasteiger partial charge on any atom is 0.255 e. The van der Waals surface area contributed by atoms with Crippen LogP contribution in [0.3, 0.4) is 0 Å². The van der Waals surface area contributed by atoms with Crippen LogP contribution in [0.1, 0.15) is 34.8 Å². The van der Waals surface area contributed by atoms with E-state index in [2.05, 4.69) is 22.1 Å². The Balaban J connectivity index is 1.81. The minimum absolute atomic E-state index is 0.263. The number of hydrogen-bond acceptors (Lipinski definition) is 4. The summed E-state index contributed by atoms with van der Waals surface area (Å²) in [6, 6.07) is 9.24. The van der Waals surface area contributed by atoms with Crippen LogP contribution in [0.15, 0.2) is 42.6 Å². The standard InChI is InChI=1S/C26H30FN3O3/c1-4-12-33-25-10-7-18(6-5-11-30(2)3)13-23(25)26(32)29-21(17-31)14-19-16-28-24-9-8-20(27)15-22(19)24/h7-10,13,15-16,21,28,31H,4,11-12,14,17H2,1-3H3,(H,29,32). The van der Waals surface area contributed by atoms with E-state index in [4.69, 9.17) is 4.74 Å². The first-order valence-electron chi connectivity index (χ1n) is 11.0. The van der Waals surface area contributed by atoms with E-state index in [9.17, 15) is 14.3 Å². The lowest BCUT2D eigenvalue weighted by molar-refractivity contribution is 0.0912. The van der Waals surface area contributed by atoms with E-state index in [0.29, 0.717) is 36.4 Å². The number of carbonyl (C=O) groups is 1. The van der Waals surface area contributed by atoms with Crippen LogP contribution >= 0.6 is 0 Å². The number of halogens is 1. The van der Waals surface area contributed by atoms with Gasteiger partial charge in [-0.1, -0.05) is 18.8 Å². The number of aliphatic hydroxyl groups excluding tert-OH is 1. The van der Waals surface area contributed by atoms with E-state index < -0.39 is 6.04 Å². The predicted molar refractivity (Wildman–Crippen MR) is 128 cm³/mol. The summed E-state index contributed by atoms with van der Waals surface area (Å²) < 4.78 is 19.5. The van der Waals surface area contributed by atoms with Gasteiger partial charge < -0.3 is 20.1 Å². The lowest BCUT2D eigenvalue weighted by Crippen LogP contribution is -2.39. The van der Waals surface area contributed by atoms with Crippen molar-refractivity contribution in [1.29, 1.82) is 0 Å². The largest absolute Gasteiger partial charge is 0.493 e. The molecule has 33 heavy (non-hydrogen) atoms. The molecule has 0 radical (unpaired) electrons. The third-order valence-electron chi connectivity index (χ3n) is 5.07. The molecule has 1 heterocycles. The first-order valence-corrected chi connectivity index (χ1v) is 11.0. The smallest absolute Gasteiger partial charge is 0.255 e. The average Bonchev–Trinajstić information content (AvgIpc) is 3.18. The Hall–Kier alpha value is -3.34. The average molecular weight is 452 g/mol. The van der Waals surface area contributed by atoms with Crippen molar-refractivity contribution < 1.29 is 19.0 Å². The highest BCUT2D eigenvalue weighted by molar-refractivity contribution is 5.97. The number of carbonyl (C=O) groups excluding carboxylic acids is 1. The van der Waals surface area contributed by atoms with Gasteiger partial charge in [-0.05, 0) is 68.9 Å². The van der Waals surface area contributed by atoms with Gasteiger partial charge >= 0.3 is 0 Å². The molecule has 0 saturated heterocycles. The highest BCUT2D eigenvalue weighted by Gasteiger charge is 2.19. The molecule has 2 aromatic carbocycles. The van der Waals surface area contributed by atoms with Crippen molar-refractivity contribution in [2.75, 3.05) is 33.9 Å². The lowest BCUT2D eigenvalue weighted by Gasteiger charge is -2.18. The molecule has 0 aliphatic carbocycles. The Bertz CT molecular complexity index is 1160. The highest BCUT2D eigenvalue weighted by Crippen LogP contribution is 2.23. The summed E-state index contributed by atoms with van der Waals surface area (Å²) >= 11 is 0. The summed E-state index contributed by atoms with van der Waals surface area (Å²) in [7, 11) is 3.87. The van der Waals surface area contributed by atoms with E-state index in [-0.39, 0.29) is 18.3 Å². The van der Waals surface area contributed by atoms with Crippen LogP contribution in [0.25, 0.3) is 10.9 Å². The van der Waals surface area contributed by atoms with Gasteiger partial charge in [0.2, 0.25) is 0 Å². The molecular weight excluding hydrogens is 421 g/mol. The highest BCUT2D eigenvalue weighted by atomic mass is 19.1. The second-order valence-electron chi connectivity index (χ2n) is 8.16. The minimum Gasteiger partial charge on any atom is -0.493 e. The molecule has 0 saturated carbocycles. The zero-order valence-electron chi connectivity index (χ0n) is 19.2. The van der Waals surface area contributed by atoms with Gasteiger partial charge in [0.05, 0.1) is 31.4 Å². The molecule has 1 unspecified atom stereocenters. The van der Waals surface area contributed by atoms with Gasteiger partial charge in [0.1, 0.15) is 11.6 Å². The first-order chi connectivity index (χ1) is 15.9. The van der Waals surface area contributed by atoms with Crippen molar-refractivity contribution >= 4 is 16.8 Å². The van der Waals surface area contributed by atoms with E-state index in [1.54, 1.807) is 24.4 Å². The van der Waals surface area contributed by atoms with Crippen LogP contribution in [0, 0.1) is 17.7 Å². The Morgan fingerprint density at radius 2 is 2.09 bits per heavy atom. The number of ether oxygens (including phenoxy) is 1. The van der Waals surface area contributed by atoms with Crippen molar-refractivity contribution in [2.24, 2.45) is 0 Å². The van der Waals surface area contributed by atoms with Gasteiger partial charge in [-0.25, -0.2) is 4.39 Å². The molecular formula is C26H30FN3O3. The topological polar surface area (TPSA) is 77.6 Å². The molecule has 1 aromatic heterocycles. The zero-order chi connectivity index (χ0) is 23.8. The van der Waals surface area contributed by atoms with Gasteiger partial charge in [-0.15, -0.1) is 0 Å². The molecule has 1 amide bonds. The third kappa shape index (κ3) is 6.58. The van der Waals surface area contributed by atoms with E-state index in [1.165, 1.54) is 12.1 Å². The Kier molecular flexibility index (Phi) is 8.47. The molecule has 0 bridgehead atoms. The Labute approximate surface area is 193 Å². The van der Waals surface area contributed by atoms with Crippen LogP contribution in [-0.2, 0) is 6.42 Å². The summed E-state index contributed by atoms with van der Waals surface area (Å²) in [5, 5.41) is 13.5. The number of amides is 1. The van der Waals surface area contributed by atoms with E-state index in [1.807, 2.05) is 32.0 Å². The predicted octanol–water partition coefficient (Wildman–Crippen LogP) is 3.34. The minimum atomic E-state index is -0.553. The molecule has 1 atom stereocenters. The van der Waals surface area contributed by atoms with Gasteiger partial charge in [0, 0.05) is 22.7 Å². The van der Waals surface area contributed by atoms with E-state index in [0.717, 1.165) is 22.9 Å². The number of nitrogens with zero attached hydrogens (tertiary/aromatic N) is 1. The number of aromatic amines is 1. The van der Waals surface area contributed by atoms with Gasteiger partial charge in [-0.3, -0.25) is 9.69 Å². The number of hydrogen-bond donors (Lipinski definition) is 3. The van der Waals surface area contributed by atoms with Gasteiger partial charge in [-0.2, -0.15) is 0 Å². The first kappa shape index (κ1) is 24.3. The maximum absolute atomic E-state index is 13.7. The second-order valence-corrected chi connectivity index (χ2v) is 8.16. The fourth-order valence-electron chi connectivity index (χ4n) is 3.43. The normalized spacial score (nSPS) is 11.8. The van der Waals surface area contributed by atoms with Crippen molar-refractivity contribution in [3.05, 3.63) is 65.1 Å². The van der Waals surface area contributed by atoms with Crippen LogP contribution in [0.2, 0.25) is 0 Å². The van der Waals surface area contributed by atoms with Gasteiger partial charge in [0.25, 0.3) is 5.91 Å². The summed E-state index contributed by atoms with van der Waals surface area (Å²) in [6.45, 7) is 2.82. The maximum atomic E-state index is 13.7. The SMILES string of the molecule is CCCOc1ccc(C#CCN(C)C)cc1C(=O)NC(CO)Cc1c[nH]c2ccc(F)cc12.